The third-order valence-electron chi connectivity index (χ3n) is 12.3. The smallest absolute Gasteiger partial charge is 0.338 e. The van der Waals surface area contributed by atoms with Crippen LogP contribution in [0.5, 0.6) is 0 Å². The first kappa shape index (κ1) is 25.9. The fraction of sp³-hybridized carbons (Fsp3) is 0.788. The Balaban J connectivity index is 1.05. The van der Waals surface area contributed by atoms with Crippen molar-refractivity contribution in [3.8, 4) is 0 Å². The van der Waals surface area contributed by atoms with Gasteiger partial charge in [0, 0.05) is 12.8 Å². The van der Waals surface area contributed by atoms with Gasteiger partial charge in [0.25, 0.3) is 0 Å². The lowest BCUT2D eigenvalue weighted by Gasteiger charge is -2.62. The zero-order chi connectivity index (χ0) is 25.7. The molecule has 1 aromatic carbocycles. The van der Waals surface area contributed by atoms with Gasteiger partial charge in [0.05, 0.1) is 25.4 Å². The van der Waals surface area contributed by atoms with Crippen LogP contribution in [0.4, 0.5) is 0 Å². The second-order valence-electron chi connectivity index (χ2n) is 13.8. The van der Waals surface area contributed by atoms with Gasteiger partial charge in [-0.2, -0.15) is 0 Å². The van der Waals surface area contributed by atoms with Crippen LogP contribution >= 0.6 is 0 Å². The summed E-state index contributed by atoms with van der Waals surface area (Å²) in [5.74, 6) is 4.51. The molecule has 6 unspecified atom stereocenters. The SMILES string of the molecule is C[C@H](CCCOC(=O)c1ccccc1)C1CCC2C3CC[C@H]4CC5(CCC4(C)C3CCC21C)OCCO5. The van der Waals surface area contributed by atoms with E-state index in [2.05, 4.69) is 20.8 Å². The molecule has 4 heteroatoms. The summed E-state index contributed by atoms with van der Waals surface area (Å²) in [5.41, 5.74) is 1.60. The van der Waals surface area contributed by atoms with Gasteiger partial charge < -0.3 is 14.2 Å². The number of esters is 1. The Morgan fingerprint density at radius 2 is 1.70 bits per heavy atom. The van der Waals surface area contributed by atoms with E-state index in [1.165, 1.54) is 44.9 Å². The third-order valence-corrected chi connectivity index (χ3v) is 12.3. The Morgan fingerprint density at radius 1 is 0.946 bits per heavy atom. The molecule has 1 aliphatic heterocycles. The highest BCUT2D eigenvalue weighted by Crippen LogP contribution is 2.69. The number of carbonyl (C=O) groups is 1. The molecule has 1 heterocycles. The van der Waals surface area contributed by atoms with Crippen LogP contribution in [0.3, 0.4) is 0 Å². The van der Waals surface area contributed by atoms with Gasteiger partial charge in [-0.25, -0.2) is 4.79 Å². The topological polar surface area (TPSA) is 44.8 Å². The van der Waals surface area contributed by atoms with Gasteiger partial charge in [-0.3, -0.25) is 0 Å². The van der Waals surface area contributed by atoms with E-state index in [0.717, 1.165) is 68.5 Å². The average Bonchev–Trinajstić information content (AvgIpc) is 3.51. The summed E-state index contributed by atoms with van der Waals surface area (Å²) in [6.45, 7) is 9.87. The lowest BCUT2D eigenvalue weighted by molar-refractivity contribution is -0.229. The number of benzene rings is 1. The van der Waals surface area contributed by atoms with Gasteiger partial charge in [0.1, 0.15) is 0 Å². The molecule has 0 bridgehead atoms. The monoisotopic (exact) mass is 508 g/mol. The summed E-state index contributed by atoms with van der Waals surface area (Å²) in [7, 11) is 0. The molecule has 8 atom stereocenters. The van der Waals surface area contributed by atoms with Crippen LogP contribution in [0.1, 0.15) is 102 Å². The van der Waals surface area contributed by atoms with E-state index in [9.17, 15) is 4.79 Å². The molecule has 4 aliphatic carbocycles. The highest BCUT2D eigenvalue weighted by Gasteiger charge is 2.62. The molecule has 1 saturated heterocycles. The van der Waals surface area contributed by atoms with Crippen LogP contribution in [0, 0.1) is 46.3 Å². The predicted octanol–water partition coefficient (Wildman–Crippen LogP) is 7.66. The first-order chi connectivity index (χ1) is 17.8. The lowest BCUT2D eigenvalue weighted by Crippen LogP contribution is -2.56. The van der Waals surface area contributed by atoms with Crippen molar-refractivity contribution in [3.05, 3.63) is 35.9 Å². The van der Waals surface area contributed by atoms with Gasteiger partial charge in [0.15, 0.2) is 5.79 Å². The molecular weight excluding hydrogens is 460 g/mol. The van der Waals surface area contributed by atoms with E-state index >= 15 is 0 Å². The molecule has 1 aromatic rings. The molecule has 37 heavy (non-hydrogen) atoms. The second-order valence-corrected chi connectivity index (χ2v) is 13.8. The van der Waals surface area contributed by atoms with Crippen molar-refractivity contribution < 1.29 is 19.0 Å². The molecule has 5 fully saturated rings. The van der Waals surface area contributed by atoms with E-state index in [-0.39, 0.29) is 11.8 Å². The van der Waals surface area contributed by atoms with Crippen molar-refractivity contribution in [1.29, 1.82) is 0 Å². The molecule has 0 amide bonds. The van der Waals surface area contributed by atoms with E-state index < -0.39 is 0 Å². The van der Waals surface area contributed by atoms with Crippen molar-refractivity contribution in [2.45, 2.75) is 97.2 Å². The van der Waals surface area contributed by atoms with Crippen LogP contribution < -0.4 is 0 Å². The number of carbonyl (C=O) groups excluding carboxylic acids is 1. The zero-order valence-electron chi connectivity index (χ0n) is 23.4. The largest absolute Gasteiger partial charge is 0.462 e. The summed E-state index contributed by atoms with van der Waals surface area (Å²) in [6.07, 6.45) is 14.0. The van der Waals surface area contributed by atoms with Gasteiger partial charge in [-0.1, -0.05) is 39.0 Å². The molecule has 204 valence electrons. The third kappa shape index (κ3) is 4.48. The number of rotatable bonds is 6. The lowest BCUT2D eigenvalue weighted by atomic mass is 9.44. The van der Waals surface area contributed by atoms with E-state index in [0.29, 0.717) is 28.9 Å². The highest BCUT2D eigenvalue weighted by atomic mass is 16.7. The highest BCUT2D eigenvalue weighted by molar-refractivity contribution is 5.89. The van der Waals surface area contributed by atoms with Gasteiger partial charge >= 0.3 is 5.97 Å². The fourth-order valence-electron chi connectivity index (χ4n) is 10.4. The van der Waals surface area contributed by atoms with Crippen LogP contribution in [0.25, 0.3) is 0 Å². The van der Waals surface area contributed by atoms with E-state index in [1.54, 1.807) is 0 Å². The van der Waals surface area contributed by atoms with Crippen molar-refractivity contribution in [2.75, 3.05) is 19.8 Å². The molecule has 5 aliphatic rings. The van der Waals surface area contributed by atoms with Crippen molar-refractivity contribution in [1.82, 2.24) is 0 Å². The summed E-state index contributed by atoms with van der Waals surface area (Å²) in [6, 6.07) is 9.37. The summed E-state index contributed by atoms with van der Waals surface area (Å²) < 4.78 is 17.9. The Kier molecular flexibility index (Phi) is 6.97. The Hall–Kier alpha value is -1.39. The van der Waals surface area contributed by atoms with E-state index in [4.69, 9.17) is 14.2 Å². The number of fused-ring (bicyclic) bond motifs is 5. The molecule has 0 aromatic heterocycles. The summed E-state index contributed by atoms with van der Waals surface area (Å²) in [4.78, 5) is 12.3. The van der Waals surface area contributed by atoms with E-state index in [1.807, 2.05) is 30.3 Å². The summed E-state index contributed by atoms with van der Waals surface area (Å²) >= 11 is 0. The Bertz CT molecular complexity index is 954. The maximum atomic E-state index is 12.3. The first-order valence-electron chi connectivity index (χ1n) is 15.3. The fourth-order valence-corrected chi connectivity index (χ4v) is 10.4. The molecule has 0 N–H and O–H groups in total. The molecular formula is C33H48O4. The minimum Gasteiger partial charge on any atom is -0.462 e. The van der Waals surface area contributed by atoms with Crippen LogP contribution in [-0.2, 0) is 14.2 Å². The van der Waals surface area contributed by atoms with Crippen molar-refractivity contribution in [2.24, 2.45) is 46.3 Å². The minimum absolute atomic E-state index is 0.191. The normalized spacial score (nSPS) is 41.0. The van der Waals surface area contributed by atoms with Gasteiger partial charge in [-0.15, -0.1) is 0 Å². The Morgan fingerprint density at radius 3 is 2.49 bits per heavy atom. The number of hydrogen-bond donors (Lipinski definition) is 0. The number of ether oxygens (including phenoxy) is 3. The minimum atomic E-state index is -0.247. The van der Waals surface area contributed by atoms with Crippen molar-refractivity contribution in [3.63, 3.8) is 0 Å². The average molecular weight is 509 g/mol. The standard InChI is InChI=1S/C33H48O4/c1-23(8-7-19-35-30(34)24-9-5-4-6-10-24)27-13-14-28-26-12-11-25-22-33(36-20-21-37-33)18-17-31(25,2)29(26)15-16-32(27,28)3/h4-6,9-10,23,25-29H,7-8,11-22H2,1-3H3/t23-,25+,26?,27?,28?,29?,31?,32?/m1/s1. The van der Waals surface area contributed by atoms with Crippen molar-refractivity contribution >= 4 is 5.97 Å². The predicted molar refractivity (Wildman–Crippen MR) is 145 cm³/mol. The Labute approximate surface area is 224 Å². The molecule has 4 saturated carbocycles. The maximum absolute atomic E-state index is 12.3. The molecule has 6 rings (SSSR count). The maximum Gasteiger partial charge on any atom is 0.338 e. The quantitative estimate of drug-likeness (QED) is 0.292. The van der Waals surface area contributed by atoms with Gasteiger partial charge in [-0.05, 0) is 116 Å². The molecule has 0 radical (unpaired) electrons. The number of hydrogen-bond acceptors (Lipinski definition) is 4. The second kappa shape index (κ2) is 9.97. The van der Waals surface area contributed by atoms with Crippen LogP contribution in [-0.4, -0.2) is 31.6 Å². The van der Waals surface area contributed by atoms with Crippen LogP contribution in [0.15, 0.2) is 30.3 Å². The molecule has 4 nitrogen and oxygen atoms in total. The van der Waals surface area contributed by atoms with Gasteiger partial charge in [0.2, 0.25) is 0 Å². The van der Waals surface area contributed by atoms with Crippen LogP contribution in [0.2, 0.25) is 0 Å². The molecule has 1 spiro atoms. The first-order valence-corrected chi connectivity index (χ1v) is 15.3. The summed E-state index contributed by atoms with van der Waals surface area (Å²) in [5, 5.41) is 0. The zero-order valence-corrected chi connectivity index (χ0v) is 23.4.